The Kier molecular flexibility index (Phi) is 10.9. The number of nitrogens with one attached hydrogen (secondary N) is 4. The highest BCUT2D eigenvalue weighted by Gasteiger charge is 2.31. The molecule has 0 bridgehead atoms. The standard InChI is InChI=1S/C22H28N6O7S/c23-14(10-36)19(31)26-16(7-13-9-24-11-25-13)21(33)27-15(6-12-4-2-1-3-5-12)20(32)28-17(22(34)35)8-18(29)30/h1-5,9,11,14-17,36H,6-8,10,23H2,(H,24,25)(H,26,31)(H,27,33)(H,28,32)(H,29,30)(H,34,35). The number of carboxylic acid groups (broad SMARTS) is 2. The summed E-state index contributed by atoms with van der Waals surface area (Å²) in [6, 6.07) is 3.46. The summed E-state index contributed by atoms with van der Waals surface area (Å²) in [5.41, 5.74) is 6.87. The monoisotopic (exact) mass is 520 g/mol. The van der Waals surface area contributed by atoms with Gasteiger partial charge in [0, 0.05) is 30.5 Å². The van der Waals surface area contributed by atoms with Crippen LogP contribution in [0.1, 0.15) is 17.7 Å². The topological polar surface area (TPSA) is 217 Å². The van der Waals surface area contributed by atoms with Gasteiger partial charge in [0.25, 0.3) is 0 Å². The summed E-state index contributed by atoms with van der Waals surface area (Å²) in [5, 5.41) is 25.5. The van der Waals surface area contributed by atoms with Crippen LogP contribution in [0, 0.1) is 0 Å². The molecule has 0 radical (unpaired) electrons. The Balaban J connectivity index is 2.27. The van der Waals surface area contributed by atoms with Crippen LogP contribution in [-0.4, -0.2) is 79.8 Å². The number of aromatic amines is 1. The van der Waals surface area contributed by atoms with Crippen molar-refractivity contribution in [3.63, 3.8) is 0 Å². The van der Waals surface area contributed by atoms with E-state index in [-0.39, 0.29) is 18.6 Å². The zero-order chi connectivity index (χ0) is 26.7. The van der Waals surface area contributed by atoms with E-state index >= 15 is 0 Å². The number of imidazole rings is 1. The van der Waals surface area contributed by atoms with Gasteiger partial charge in [0.15, 0.2) is 0 Å². The first-order valence-corrected chi connectivity index (χ1v) is 11.5. The summed E-state index contributed by atoms with van der Waals surface area (Å²) >= 11 is 3.98. The highest BCUT2D eigenvalue weighted by molar-refractivity contribution is 7.80. The van der Waals surface area contributed by atoms with E-state index < -0.39 is 60.2 Å². The lowest BCUT2D eigenvalue weighted by Crippen LogP contribution is -2.58. The molecule has 0 saturated carbocycles. The predicted molar refractivity (Wildman–Crippen MR) is 130 cm³/mol. The highest BCUT2D eigenvalue weighted by atomic mass is 32.1. The molecule has 1 heterocycles. The Hall–Kier alpha value is -3.91. The van der Waals surface area contributed by atoms with Crippen LogP contribution < -0.4 is 21.7 Å². The first kappa shape index (κ1) is 28.3. The Labute approximate surface area is 211 Å². The number of rotatable bonds is 14. The minimum absolute atomic E-state index is 0.00664. The number of aromatic nitrogens is 2. The van der Waals surface area contributed by atoms with E-state index in [0.29, 0.717) is 11.3 Å². The third-order valence-electron chi connectivity index (χ3n) is 5.05. The van der Waals surface area contributed by atoms with Gasteiger partial charge in [-0.3, -0.25) is 19.2 Å². The van der Waals surface area contributed by atoms with Crippen molar-refractivity contribution in [2.24, 2.45) is 5.73 Å². The van der Waals surface area contributed by atoms with Gasteiger partial charge in [-0.1, -0.05) is 30.3 Å². The average molecular weight is 521 g/mol. The molecule has 4 atom stereocenters. The van der Waals surface area contributed by atoms with Crippen LogP contribution >= 0.6 is 12.6 Å². The fourth-order valence-electron chi connectivity index (χ4n) is 3.17. The maximum absolute atomic E-state index is 13.2. The second-order valence-electron chi connectivity index (χ2n) is 7.88. The normalized spacial score (nSPS) is 14.1. The first-order chi connectivity index (χ1) is 17.1. The number of H-pyrrole nitrogens is 1. The molecule has 0 spiro atoms. The third kappa shape index (κ3) is 9.03. The average Bonchev–Trinajstić information content (AvgIpc) is 3.35. The predicted octanol–water partition coefficient (Wildman–Crippen LogP) is -1.53. The Bertz CT molecular complexity index is 1050. The SMILES string of the molecule is NC(CS)C(=O)NC(Cc1cnc[nH]1)C(=O)NC(Cc1ccccc1)C(=O)NC(CC(=O)O)C(=O)O. The summed E-state index contributed by atoms with van der Waals surface area (Å²) in [4.78, 5) is 67.7. The van der Waals surface area contributed by atoms with Gasteiger partial charge in [0.05, 0.1) is 18.8 Å². The number of nitrogens with zero attached hydrogens (tertiary/aromatic N) is 1. The van der Waals surface area contributed by atoms with Crippen molar-refractivity contribution in [2.75, 3.05) is 5.75 Å². The largest absolute Gasteiger partial charge is 0.481 e. The van der Waals surface area contributed by atoms with E-state index in [9.17, 15) is 29.1 Å². The van der Waals surface area contributed by atoms with E-state index in [1.807, 2.05) is 0 Å². The second-order valence-corrected chi connectivity index (χ2v) is 8.24. The maximum Gasteiger partial charge on any atom is 0.326 e. The lowest BCUT2D eigenvalue weighted by Gasteiger charge is -2.25. The number of carbonyl (C=O) groups excluding carboxylic acids is 3. The lowest BCUT2D eigenvalue weighted by atomic mass is 10.0. The number of thiol groups is 1. The molecule has 1 aromatic heterocycles. The zero-order valence-electron chi connectivity index (χ0n) is 19.1. The molecule has 2 aromatic rings. The van der Waals surface area contributed by atoms with Crippen molar-refractivity contribution < 1.29 is 34.2 Å². The van der Waals surface area contributed by atoms with Gasteiger partial charge in [0.2, 0.25) is 17.7 Å². The summed E-state index contributed by atoms with van der Waals surface area (Å²) < 4.78 is 0. The Morgan fingerprint density at radius 1 is 0.917 bits per heavy atom. The van der Waals surface area contributed by atoms with Gasteiger partial charge < -0.3 is 36.9 Å². The number of amides is 3. The Morgan fingerprint density at radius 2 is 1.50 bits per heavy atom. The number of hydrogen-bond donors (Lipinski definition) is 8. The molecule has 8 N–H and O–H groups in total. The molecule has 4 unspecified atom stereocenters. The van der Waals surface area contributed by atoms with E-state index in [4.69, 9.17) is 10.8 Å². The molecule has 1 aromatic carbocycles. The van der Waals surface area contributed by atoms with Crippen LogP contribution in [0.2, 0.25) is 0 Å². The van der Waals surface area contributed by atoms with E-state index in [1.165, 1.54) is 12.5 Å². The van der Waals surface area contributed by atoms with Crippen molar-refractivity contribution in [1.82, 2.24) is 25.9 Å². The molecular formula is C22H28N6O7S. The third-order valence-corrected chi connectivity index (χ3v) is 5.45. The molecule has 194 valence electrons. The van der Waals surface area contributed by atoms with Crippen LogP contribution in [0.3, 0.4) is 0 Å². The fourth-order valence-corrected chi connectivity index (χ4v) is 3.33. The number of nitrogens with two attached hydrogens (primary N) is 1. The van der Waals surface area contributed by atoms with E-state index in [1.54, 1.807) is 30.3 Å². The lowest BCUT2D eigenvalue weighted by molar-refractivity contribution is -0.147. The summed E-state index contributed by atoms with van der Waals surface area (Å²) in [7, 11) is 0. The Morgan fingerprint density at radius 3 is 2.03 bits per heavy atom. The van der Waals surface area contributed by atoms with Crippen LogP contribution in [0.25, 0.3) is 0 Å². The smallest absolute Gasteiger partial charge is 0.326 e. The summed E-state index contributed by atoms with van der Waals surface area (Å²) in [6.07, 6.45) is 1.97. The first-order valence-electron chi connectivity index (χ1n) is 10.8. The minimum Gasteiger partial charge on any atom is -0.481 e. The molecule has 13 nitrogen and oxygen atoms in total. The zero-order valence-corrected chi connectivity index (χ0v) is 20.0. The van der Waals surface area contributed by atoms with E-state index in [0.717, 1.165) is 0 Å². The van der Waals surface area contributed by atoms with Crippen LogP contribution in [0.15, 0.2) is 42.9 Å². The van der Waals surface area contributed by atoms with Gasteiger partial charge >= 0.3 is 11.9 Å². The van der Waals surface area contributed by atoms with Crippen molar-refractivity contribution in [3.8, 4) is 0 Å². The van der Waals surface area contributed by atoms with Gasteiger partial charge in [-0.25, -0.2) is 9.78 Å². The second kappa shape index (κ2) is 13.8. The number of benzene rings is 1. The van der Waals surface area contributed by atoms with Crippen molar-refractivity contribution in [1.29, 1.82) is 0 Å². The number of aliphatic carboxylic acids is 2. The van der Waals surface area contributed by atoms with Crippen LogP contribution in [0.5, 0.6) is 0 Å². The number of hydrogen-bond acceptors (Lipinski definition) is 8. The minimum atomic E-state index is -1.71. The van der Waals surface area contributed by atoms with E-state index in [2.05, 4.69) is 38.5 Å². The van der Waals surface area contributed by atoms with Crippen molar-refractivity contribution in [3.05, 3.63) is 54.1 Å². The van der Waals surface area contributed by atoms with Gasteiger partial charge in [0.1, 0.15) is 18.1 Å². The molecular weight excluding hydrogens is 492 g/mol. The fraction of sp³-hybridized carbons (Fsp3) is 0.364. The maximum atomic E-state index is 13.2. The molecule has 0 aliphatic heterocycles. The summed E-state index contributed by atoms with van der Waals surface area (Å²) in [5.74, 6) is -5.22. The quantitative estimate of drug-likeness (QED) is 0.135. The molecule has 0 aliphatic carbocycles. The molecule has 0 saturated heterocycles. The molecule has 2 rings (SSSR count). The number of carboxylic acids is 2. The molecule has 36 heavy (non-hydrogen) atoms. The molecule has 14 heteroatoms. The van der Waals surface area contributed by atoms with Crippen LogP contribution in [0.4, 0.5) is 0 Å². The van der Waals surface area contributed by atoms with Gasteiger partial charge in [-0.05, 0) is 5.56 Å². The van der Waals surface area contributed by atoms with Gasteiger partial charge in [-0.15, -0.1) is 0 Å². The molecule has 0 fully saturated rings. The molecule has 3 amide bonds. The molecule has 0 aliphatic rings. The van der Waals surface area contributed by atoms with Crippen molar-refractivity contribution >= 4 is 42.3 Å². The number of carbonyl (C=O) groups is 5. The van der Waals surface area contributed by atoms with Crippen molar-refractivity contribution in [2.45, 2.75) is 43.4 Å². The van der Waals surface area contributed by atoms with Gasteiger partial charge in [-0.2, -0.15) is 12.6 Å². The van der Waals surface area contributed by atoms with Crippen LogP contribution in [-0.2, 0) is 36.8 Å². The summed E-state index contributed by atoms with van der Waals surface area (Å²) in [6.45, 7) is 0. The highest BCUT2D eigenvalue weighted by Crippen LogP contribution is 2.07.